The van der Waals surface area contributed by atoms with E-state index in [0.29, 0.717) is 35.5 Å². The summed E-state index contributed by atoms with van der Waals surface area (Å²) in [6.07, 6.45) is 2.48. The number of hydrogen-bond acceptors (Lipinski definition) is 4. The molecule has 0 aliphatic heterocycles. The second-order valence-electron chi connectivity index (χ2n) is 5.78. The summed E-state index contributed by atoms with van der Waals surface area (Å²) >= 11 is 0. The predicted molar refractivity (Wildman–Crippen MR) is 91.5 cm³/mol. The number of nitrogens with one attached hydrogen (secondary N) is 1. The van der Waals surface area contributed by atoms with Crippen LogP contribution in [0.15, 0.2) is 29.2 Å². The number of carbonyl (C=O) groups is 1. The summed E-state index contributed by atoms with van der Waals surface area (Å²) in [5.74, 6) is -0.226. The molecule has 0 fully saturated rings. The molecule has 0 radical (unpaired) electrons. The van der Waals surface area contributed by atoms with Crippen molar-refractivity contribution in [1.29, 1.82) is 0 Å². The van der Waals surface area contributed by atoms with Crippen LogP contribution in [0.1, 0.15) is 22.5 Å². The van der Waals surface area contributed by atoms with E-state index < -0.39 is 0 Å². The molecule has 1 N–H and O–H groups in total. The zero-order chi connectivity index (χ0) is 17.3. The minimum atomic E-state index is -0.226. The quantitative estimate of drug-likeness (QED) is 0.715. The molecule has 0 spiro atoms. The number of ether oxygens (including phenoxy) is 1. The number of pyridine rings is 1. The Balaban J connectivity index is 2.03. The number of amides is 1. The molecule has 0 aliphatic rings. The van der Waals surface area contributed by atoms with E-state index in [1.54, 1.807) is 37.1 Å². The van der Waals surface area contributed by atoms with E-state index in [0.717, 1.165) is 12.0 Å². The molecule has 24 heavy (non-hydrogen) atoms. The van der Waals surface area contributed by atoms with Crippen LogP contribution in [0.5, 0.6) is 0 Å². The molecule has 3 aromatic heterocycles. The van der Waals surface area contributed by atoms with E-state index in [4.69, 9.17) is 4.74 Å². The second-order valence-corrected chi connectivity index (χ2v) is 5.78. The number of carbonyl (C=O) groups excluding carboxylic acids is 1. The first-order valence-corrected chi connectivity index (χ1v) is 7.78. The van der Waals surface area contributed by atoms with Gasteiger partial charge in [0.1, 0.15) is 17.0 Å². The molecule has 0 atom stereocenters. The fourth-order valence-electron chi connectivity index (χ4n) is 2.70. The monoisotopic (exact) mass is 328 g/mol. The van der Waals surface area contributed by atoms with Crippen molar-refractivity contribution in [3.8, 4) is 0 Å². The first-order chi connectivity index (χ1) is 11.5. The third-order valence-corrected chi connectivity index (χ3v) is 3.99. The third kappa shape index (κ3) is 2.78. The van der Waals surface area contributed by atoms with E-state index >= 15 is 0 Å². The lowest BCUT2D eigenvalue weighted by Crippen LogP contribution is -2.26. The van der Waals surface area contributed by atoms with Crippen LogP contribution in [0.4, 0.5) is 0 Å². The molecule has 3 aromatic rings. The van der Waals surface area contributed by atoms with Crippen molar-refractivity contribution < 1.29 is 9.53 Å². The molecule has 3 rings (SSSR count). The van der Waals surface area contributed by atoms with Crippen molar-refractivity contribution >= 4 is 22.6 Å². The van der Waals surface area contributed by atoms with Gasteiger partial charge in [-0.15, -0.1) is 0 Å². The Hall–Kier alpha value is -2.67. The molecule has 0 aromatic carbocycles. The van der Waals surface area contributed by atoms with E-state index in [-0.39, 0.29) is 11.5 Å². The molecule has 0 aliphatic carbocycles. The van der Waals surface area contributed by atoms with Crippen LogP contribution in [-0.4, -0.2) is 40.1 Å². The van der Waals surface area contributed by atoms with Crippen molar-refractivity contribution in [3.63, 3.8) is 0 Å². The normalized spacial score (nSPS) is 11.3. The standard InChI is InChI=1S/C17H20N4O3/c1-11-5-6-14-19-15-12(17(23)21(14)10-11)9-13(20(15)2)16(22)18-7-4-8-24-3/h5-6,9-10H,4,7-8H2,1-3H3,(H,18,22). The van der Waals surface area contributed by atoms with Crippen LogP contribution in [0.25, 0.3) is 16.7 Å². The topological polar surface area (TPSA) is 77.6 Å². The Morgan fingerprint density at radius 1 is 1.38 bits per heavy atom. The number of hydrogen-bond donors (Lipinski definition) is 1. The SMILES string of the molecule is COCCCNC(=O)c1cc2c(=O)n3cc(C)ccc3nc2n1C. The maximum atomic E-state index is 12.7. The van der Waals surface area contributed by atoms with Gasteiger partial charge in [0.05, 0.1) is 5.39 Å². The van der Waals surface area contributed by atoms with Crippen molar-refractivity contribution in [2.45, 2.75) is 13.3 Å². The van der Waals surface area contributed by atoms with Gasteiger partial charge in [0.25, 0.3) is 11.5 Å². The number of aryl methyl sites for hydroxylation is 2. The Bertz CT molecular complexity index is 971. The Morgan fingerprint density at radius 2 is 2.17 bits per heavy atom. The van der Waals surface area contributed by atoms with Gasteiger partial charge in [-0.2, -0.15) is 0 Å². The van der Waals surface area contributed by atoms with Crippen LogP contribution < -0.4 is 10.9 Å². The largest absolute Gasteiger partial charge is 0.385 e. The number of aromatic nitrogens is 3. The summed E-state index contributed by atoms with van der Waals surface area (Å²) in [6, 6.07) is 5.30. The van der Waals surface area contributed by atoms with Gasteiger partial charge >= 0.3 is 0 Å². The molecule has 7 heteroatoms. The summed E-state index contributed by atoms with van der Waals surface area (Å²) in [7, 11) is 3.36. The second kappa shape index (κ2) is 6.45. The minimum absolute atomic E-state index is 0.173. The zero-order valence-electron chi connectivity index (χ0n) is 14.0. The lowest BCUT2D eigenvalue weighted by Gasteiger charge is -2.06. The molecule has 0 bridgehead atoms. The molecule has 1 amide bonds. The van der Waals surface area contributed by atoms with Crippen molar-refractivity contribution in [1.82, 2.24) is 19.3 Å². The molecular weight excluding hydrogens is 308 g/mol. The summed E-state index contributed by atoms with van der Waals surface area (Å²) in [5, 5.41) is 3.26. The Morgan fingerprint density at radius 3 is 2.92 bits per heavy atom. The molecule has 0 saturated carbocycles. The van der Waals surface area contributed by atoms with Crippen molar-refractivity contribution in [2.75, 3.05) is 20.3 Å². The fraction of sp³-hybridized carbons (Fsp3) is 0.353. The number of fused-ring (bicyclic) bond motifs is 2. The number of methoxy groups -OCH3 is 1. The summed E-state index contributed by atoms with van der Waals surface area (Å²) < 4.78 is 8.13. The highest BCUT2D eigenvalue weighted by Crippen LogP contribution is 2.15. The van der Waals surface area contributed by atoms with Gasteiger partial charge < -0.3 is 14.6 Å². The molecule has 0 unspecified atom stereocenters. The average Bonchev–Trinajstić information content (AvgIpc) is 2.90. The summed E-state index contributed by atoms with van der Waals surface area (Å²) in [4.78, 5) is 29.6. The van der Waals surface area contributed by atoms with Gasteiger partial charge in [-0.3, -0.25) is 14.0 Å². The van der Waals surface area contributed by atoms with E-state index in [1.807, 2.05) is 13.0 Å². The smallest absolute Gasteiger partial charge is 0.267 e. The summed E-state index contributed by atoms with van der Waals surface area (Å²) in [6.45, 7) is 3.02. The van der Waals surface area contributed by atoms with Gasteiger partial charge in [0.15, 0.2) is 0 Å². The van der Waals surface area contributed by atoms with E-state index in [2.05, 4.69) is 10.3 Å². The van der Waals surface area contributed by atoms with Gasteiger partial charge in [-0.1, -0.05) is 6.07 Å². The lowest BCUT2D eigenvalue weighted by molar-refractivity contribution is 0.0941. The maximum absolute atomic E-state index is 12.7. The lowest BCUT2D eigenvalue weighted by atomic mass is 10.3. The first kappa shape index (κ1) is 16.2. The number of nitrogens with zero attached hydrogens (tertiary/aromatic N) is 3. The van der Waals surface area contributed by atoms with Gasteiger partial charge in [-0.05, 0) is 31.0 Å². The third-order valence-electron chi connectivity index (χ3n) is 3.99. The van der Waals surface area contributed by atoms with Gasteiger partial charge in [-0.25, -0.2) is 4.98 Å². The average molecular weight is 328 g/mol. The zero-order valence-corrected chi connectivity index (χ0v) is 14.0. The van der Waals surface area contributed by atoms with Crippen molar-refractivity contribution in [2.24, 2.45) is 7.05 Å². The Kier molecular flexibility index (Phi) is 4.35. The minimum Gasteiger partial charge on any atom is -0.385 e. The predicted octanol–water partition coefficient (Wildman–Crippen LogP) is 1.26. The molecule has 126 valence electrons. The van der Waals surface area contributed by atoms with Crippen LogP contribution in [-0.2, 0) is 11.8 Å². The molecular formula is C17H20N4O3. The highest BCUT2D eigenvalue weighted by molar-refractivity contribution is 5.98. The van der Waals surface area contributed by atoms with Crippen molar-refractivity contribution in [3.05, 3.63) is 46.0 Å². The summed E-state index contributed by atoms with van der Waals surface area (Å²) in [5.41, 5.74) is 2.28. The first-order valence-electron chi connectivity index (χ1n) is 7.78. The van der Waals surface area contributed by atoms with Gasteiger partial charge in [0, 0.05) is 33.5 Å². The molecule has 7 nitrogen and oxygen atoms in total. The van der Waals surface area contributed by atoms with Crippen LogP contribution in [0, 0.1) is 6.92 Å². The fourth-order valence-corrected chi connectivity index (χ4v) is 2.70. The van der Waals surface area contributed by atoms with E-state index in [1.165, 1.54) is 4.40 Å². The van der Waals surface area contributed by atoms with Crippen LogP contribution in [0.2, 0.25) is 0 Å². The van der Waals surface area contributed by atoms with Crippen LogP contribution >= 0.6 is 0 Å². The van der Waals surface area contributed by atoms with Gasteiger partial charge in [0.2, 0.25) is 0 Å². The molecule has 3 heterocycles. The highest BCUT2D eigenvalue weighted by Gasteiger charge is 2.17. The maximum Gasteiger partial charge on any atom is 0.267 e. The molecule has 0 saturated heterocycles. The van der Waals surface area contributed by atoms with Crippen LogP contribution in [0.3, 0.4) is 0 Å². The van der Waals surface area contributed by atoms with E-state index in [9.17, 15) is 9.59 Å². The highest BCUT2D eigenvalue weighted by atomic mass is 16.5. The Labute approximate surface area is 138 Å². The number of rotatable bonds is 5.